The fraction of sp³-hybridized carbons (Fsp3) is 0.562. The third kappa shape index (κ3) is 3.29. The average molecular weight is 317 g/mol. The van der Waals surface area contributed by atoms with E-state index in [4.69, 9.17) is 4.74 Å². The zero-order chi connectivity index (χ0) is 16.4. The van der Waals surface area contributed by atoms with Crippen LogP contribution in [-0.2, 0) is 11.8 Å². The predicted molar refractivity (Wildman–Crippen MR) is 85.0 cm³/mol. The smallest absolute Gasteiger partial charge is 0.272 e. The molecule has 2 atom stereocenters. The summed E-state index contributed by atoms with van der Waals surface area (Å²) in [6.07, 6.45) is 5.84. The molecule has 3 heterocycles. The maximum Gasteiger partial charge on any atom is 0.272 e. The van der Waals surface area contributed by atoms with Crippen LogP contribution in [0.1, 0.15) is 46.3 Å². The maximum absolute atomic E-state index is 12.3. The third-order valence-electron chi connectivity index (χ3n) is 4.49. The lowest BCUT2D eigenvalue weighted by Crippen LogP contribution is -2.35. The van der Waals surface area contributed by atoms with Crippen LogP contribution in [0.3, 0.4) is 0 Å². The molecule has 0 aliphatic carbocycles. The first-order valence-corrected chi connectivity index (χ1v) is 7.96. The first kappa shape index (κ1) is 15.7. The largest absolute Gasteiger partial charge is 0.373 e. The Labute approximate surface area is 135 Å². The van der Waals surface area contributed by atoms with Gasteiger partial charge in [-0.3, -0.25) is 14.6 Å². The van der Waals surface area contributed by atoms with Crippen molar-refractivity contribution in [2.24, 2.45) is 13.0 Å². The quantitative estimate of drug-likeness (QED) is 0.898. The lowest BCUT2D eigenvalue weighted by atomic mass is 9.91. The molecule has 0 aromatic carbocycles. The molecule has 1 fully saturated rings. The van der Waals surface area contributed by atoms with E-state index in [1.165, 1.54) is 0 Å². The minimum Gasteiger partial charge on any atom is -0.373 e. The lowest BCUT2D eigenvalue weighted by molar-refractivity contribution is -0.0273. The molecule has 23 heavy (non-hydrogen) atoms. The van der Waals surface area contributed by atoms with Crippen molar-refractivity contribution >= 4 is 5.91 Å². The second-order valence-corrected chi connectivity index (χ2v) is 6.17. The molecule has 2 aromatic heterocycles. The zero-order valence-corrected chi connectivity index (χ0v) is 13.8. The second-order valence-electron chi connectivity index (χ2n) is 6.17. The Morgan fingerprint density at radius 3 is 3.00 bits per heavy atom. The Balaban J connectivity index is 1.65. The van der Waals surface area contributed by atoms with Crippen LogP contribution < -0.4 is 5.32 Å². The molecular formula is C16H23N5O2. The van der Waals surface area contributed by atoms with Gasteiger partial charge < -0.3 is 10.1 Å². The van der Waals surface area contributed by atoms with Crippen LogP contribution in [0.4, 0.5) is 0 Å². The van der Waals surface area contributed by atoms with Crippen molar-refractivity contribution in [2.45, 2.75) is 32.8 Å². The molecular weight excluding hydrogens is 294 g/mol. The number of aryl methyl sites for hydroxylation is 2. The van der Waals surface area contributed by atoms with E-state index in [1.54, 1.807) is 4.68 Å². The molecule has 1 saturated heterocycles. The van der Waals surface area contributed by atoms with Gasteiger partial charge in [-0.2, -0.15) is 10.2 Å². The van der Waals surface area contributed by atoms with Gasteiger partial charge in [-0.05, 0) is 26.7 Å². The highest BCUT2D eigenvalue weighted by Crippen LogP contribution is 2.32. The number of nitrogens with zero attached hydrogens (tertiary/aromatic N) is 3. The summed E-state index contributed by atoms with van der Waals surface area (Å²) in [5.41, 5.74) is 3.35. The van der Waals surface area contributed by atoms with Crippen LogP contribution in [-0.4, -0.2) is 39.0 Å². The van der Waals surface area contributed by atoms with Crippen LogP contribution in [0.2, 0.25) is 0 Å². The molecule has 0 radical (unpaired) electrons. The summed E-state index contributed by atoms with van der Waals surface area (Å²) in [6.45, 7) is 5.13. The summed E-state index contributed by atoms with van der Waals surface area (Å²) < 4.78 is 7.71. The van der Waals surface area contributed by atoms with Crippen LogP contribution in [0.5, 0.6) is 0 Å². The molecule has 2 aromatic rings. The molecule has 7 nitrogen and oxygen atoms in total. The third-order valence-corrected chi connectivity index (χ3v) is 4.49. The van der Waals surface area contributed by atoms with E-state index >= 15 is 0 Å². The topological polar surface area (TPSA) is 84.8 Å². The van der Waals surface area contributed by atoms with Gasteiger partial charge in [-0.15, -0.1) is 0 Å². The van der Waals surface area contributed by atoms with Gasteiger partial charge in [0.15, 0.2) is 5.69 Å². The molecule has 124 valence electrons. The monoisotopic (exact) mass is 317 g/mol. The van der Waals surface area contributed by atoms with Crippen molar-refractivity contribution in [2.75, 3.05) is 13.2 Å². The highest BCUT2D eigenvalue weighted by atomic mass is 16.5. The summed E-state index contributed by atoms with van der Waals surface area (Å²) in [4.78, 5) is 12.3. The van der Waals surface area contributed by atoms with Crippen molar-refractivity contribution in [3.8, 4) is 0 Å². The van der Waals surface area contributed by atoms with Crippen LogP contribution in [0.15, 0.2) is 12.4 Å². The number of ether oxygens (including phenoxy) is 1. The van der Waals surface area contributed by atoms with E-state index in [1.807, 2.05) is 33.3 Å². The molecule has 0 spiro atoms. The Hall–Kier alpha value is -2.15. The predicted octanol–water partition coefficient (Wildman–Crippen LogP) is 1.66. The highest BCUT2D eigenvalue weighted by Gasteiger charge is 2.29. The van der Waals surface area contributed by atoms with Gasteiger partial charge in [0.25, 0.3) is 5.91 Å². The van der Waals surface area contributed by atoms with Crippen molar-refractivity contribution in [3.63, 3.8) is 0 Å². The number of nitrogens with one attached hydrogen (secondary N) is 2. The normalized spacial score (nSPS) is 21.3. The lowest BCUT2D eigenvalue weighted by Gasteiger charge is -2.31. The summed E-state index contributed by atoms with van der Waals surface area (Å²) in [5.74, 6) is 0.111. The number of aromatic amines is 1. The van der Waals surface area contributed by atoms with E-state index in [-0.39, 0.29) is 17.9 Å². The standard InChI is InChI=1S/C16H23N5O2/c1-10-11(2)19-20-14(10)16(22)17-7-12-5-4-6-23-15(12)13-8-18-21(3)9-13/h8-9,12,15H,4-7H2,1-3H3,(H,17,22)(H,19,20)/t12-,15+/m0/s1. The summed E-state index contributed by atoms with van der Waals surface area (Å²) in [7, 11) is 1.89. The zero-order valence-electron chi connectivity index (χ0n) is 13.8. The van der Waals surface area contributed by atoms with E-state index in [9.17, 15) is 4.79 Å². The van der Waals surface area contributed by atoms with Crippen molar-refractivity contribution in [1.82, 2.24) is 25.3 Å². The molecule has 1 aliphatic heterocycles. The van der Waals surface area contributed by atoms with Gasteiger partial charge >= 0.3 is 0 Å². The van der Waals surface area contributed by atoms with Gasteiger partial charge in [0, 0.05) is 49.1 Å². The van der Waals surface area contributed by atoms with E-state index < -0.39 is 0 Å². The molecule has 3 rings (SSSR count). The van der Waals surface area contributed by atoms with Gasteiger partial charge in [-0.25, -0.2) is 0 Å². The number of H-pyrrole nitrogens is 1. The van der Waals surface area contributed by atoms with Crippen LogP contribution in [0.25, 0.3) is 0 Å². The average Bonchev–Trinajstić information content (AvgIpc) is 3.12. The number of aromatic nitrogens is 4. The SMILES string of the molecule is Cc1[nH]nc(C(=O)NC[C@@H]2CCCO[C@H]2c2cnn(C)c2)c1C. The van der Waals surface area contributed by atoms with E-state index in [0.717, 1.165) is 36.3 Å². The molecule has 1 aliphatic rings. The molecule has 0 bridgehead atoms. The number of carbonyl (C=O) groups excluding carboxylic acids is 1. The van der Waals surface area contributed by atoms with E-state index in [2.05, 4.69) is 20.6 Å². The molecule has 0 unspecified atom stereocenters. The summed E-state index contributed by atoms with van der Waals surface area (Å²) in [6, 6.07) is 0. The number of hydrogen-bond donors (Lipinski definition) is 2. The minimum absolute atomic E-state index is 0.0141. The number of rotatable bonds is 4. The van der Waals surface area contributed by atoms with Gasteiger partial charge in [0.1, 0.15) is 0 Å². The fourth-order valence-electron chi connectivity index (χ4n) is 3.02. The van der Waals surface area contributed by atoms with Crippen molar-refractivity contribution in [1.29, 1.82) is 0 Å². The Morgan fingerprint density at radius 2 is 2.35 bits per heavy atom. The molecule has 1 amide bonds. The Bertz CT molecular complexity index is 690. The van der Waals surface area contributed by atoms with Crippen LogP contribution >= 0.6 is 0 Å². The van der Waals surface area contributed by atoms with Crippen molar-refractivity contribution in [3.05, 3.63) is 34.9 Å². The van der Waals surface area contributed by atoms with Gasteiger partial charge in [-0.1, -0.05) is 0 Å². The summed E-state index contributed by atoms with van der Waals surface area (Å²) in [5, 5.41) is 14.1. The maximum atomic E-state index is 12.3. The Kier molecular flexibility index (Phi) is 4.47. The number of amides is 1. The molecule has 0 saturated carbocycles. The minimum atomic E-state index is -0.137. The summed E-state index contributed by atoms with van der Waals surface area (Å²) >= 11 is 0. The first-order valence-electron chi connectivity index (χ1n) is 7.96. The van der Waals surface area contributed by atoms with Gasteiger partial charge in [0.05, 0.1) is 12.3 Å². The number of hydrogen-bond acceptors (Lipinski definition) is 4. The van der Waals surface area contributed by atoms with Crippen molar-refractivity contribution < 1.29 is 9.53 Å². The van der Waals surface area contributed by atoms with E-state index in [0.29, 0.717) is 12.2 Å². The van der Waals surface area contributed by atoms with Gasteiger partial charge in [0.2, 0.25) is 0 Å². The highest BCUT2D eigenvalue weighted by molar-refractivity contribution is 5.93. The fourth-order valence-corrected chi connectivity index (χ4v) is 3.02. The second kappa shape index (κ2) is 6.54. The molecule has 7 heteroatoms. The van der Waals surface area contributed by atoms with Crippen LogP contribution in [0, 0.1) is 19.8 Å². The number of carbonyl (C=O) groups is 1. The first-order chi connectivity index (χ1) is 11.1. The molecule has 2 N–H and O–H groups in total. The Morgan fingerprint density at radius 1 is 1.52 bits per heavy atom.